The molecule has 0 bridgehead atoms. The second kappa shape index (κ2) is 8.29. The topological polar surface area (TPSA) is 138 Å². The predicted molar refractivity (Wildman–Crippen MR) is 102 cm³/mol. The summed E-state index contributed by atoms with van der Waals surface area (Å²) < 4.78 is 12.1. The van der Waals surface area contributed by atoms with Crippen LogP contribution in [0.1, 0.15) is 34.1 Å². The van der Waals surface area contributed by atoms with Gasteiger partial charge in [-0.1, -0.05) is 30.3 Å². The summed E-state index contributed by atoms with van der Waals surface area (Å²) in [7, 11) is 0. The highest BCUT2D eigenvalue weighted by atomic mass is 16.6. The third-order valence-corrected chi connectivity index (χ3v) is 5.64. The van der Waals surface area contributed by atoms with Gasteiger partial charge in [0, 0.05) is 17.8 Å². The van der Waals surface area contributed by atoms with Gasteiger partial charge in [0.2, 0.25) is 5.78 Å². The Balaban J connectivity index is 1.42. The van der Waals surface area contributed by atoms with E-state index in [0.29, 0.717) is 29.9 Å². The third kappa shape index (κ3) is 3.66. The number of nitrogens with zero attached hydrogens (tertiary/aromatic N) is 1. The van der Waals surface area contributed by atoms with Crippen LogP contribution < -0.4 is 0 Å². The number of hydrogen-bond donors (Lipinski definition) is 4. The van der Waals surface area contributed by atoms with Crippen molar-refractivity contribution in [1.82, 2.24) is 4.57 Å². The van der Waals surface area contributed by atoms with E-state index in [0.717, 1.165) is 0 Å². The summed E-state index contributed by atoms with van der Waals surface area (Å²) in [6.07, 6.45) is -7.19. The number of fused-ring (bicyclic) bond motifs is 1. The Bertz CT molecular complexity index is 926. The van der Waals surface area contributed by atoms with Crippen LogP contribution in [-0.2, 0) is 20.8 Å². The zero-order valence-corrected chi connectivity index (χ0v) is 16.0. The fourth-order valence-electron chi connectivity index (χ4n) is 3.95. The van der Waals surface area contributed by atoms with Crippen molar-refractivity contribution in [1.29, 1.82) is 0 Å². The van der Waals surface area contributed by atoms with Crippen molar-refractivity contribution in [3.63, 3.8) is 0 Å². The van der Waals surface area contributed by atoms with Crippen LogP contribution in [0.5, 0.6) is 0 Å². The standard InChI is InChI=1S/C21H23NO8/c23-16(11-4-2-1-3-5-11)14-7-6-13-12(8-9-22(13)14)20(27)29-10-15-17(24)18(25)19(26)21(28)30-15/h1-7,12,15,17-19,21,24-26,28H,8-10H2/t12-,15?,17-,18-,19?,21-/m0/s1. The van der Waals surface area contributed by atoms with E-state index in [1.165, 1.54) is 0 Å². The molecule has 30 heavy (non-hydrogen) atoms. The molecule has 9 heteroatoms. The molecule has 160 valence electrons. The molecule has 3 heterocycles. The van der Waals surface area contributed by atoms with Crippen LogP contribution in [0.2, 0.25) is 0 Å². The van der Waals surface area contributed by atoms with Crippen molar-refractivity contribution in [2.75, 3.05) is 6.61 Å². The number of aromatic nitrogens is 1. The molecule has 2 aliphatic rings. The molecule has 0 saturated carbocycles. The van der Waals surface area contributed by atoms with Crippen LogP contribution in [0.25, 0.3) is 0 Å². The molecule has 1 saturated heterocycles. The van der Waals surface area contributed by atoms with E-state index >= 15 is 0 Å². The van der Waals surface area contributed by atoms with Crippen molar-refractivity contribution in [2.24, 2.45) is 0 Å². The molecule has 9 nitrogen and oxygen atoms in total. The minimum Gasteiger partial charge on any atom is -0.462 e. The Morgan fingerprint density at radius 3 is 2.47 bits per heavy atom. The van der Waals surface area contributed by atoms with Crippen LogP contribution >= 0.6 is 0 Å². The van der Waals surface area contributed by atoms with Crippen molar-refractivity contribution in [3.8, 4) is 0 Å². The van der Waals surface area contributed by atoms with Crippen LogP contribution in [0.3, 0.4) is 0 Å². The van der Waals surface area contributed by atoms with Crippen LogP contribution in [-0.4, -0.2) is 74.1 Å². The summed E-state index contributed by atoms with van der Waals surface area (Å²) >= 11 is 0. The maximum absolute atomic E-state index is 12.8. The molecule has 4 rings (SSSR count). The van der Waals surface area contributed by atoms with Crippen molar-refractivity contribution in [2.45, 2.75) is 49.6 Å². The summed E-state index contributed by atoms with van der Waals surface area (Å²) in [6.45, 7) is 0.0933. The van der Waals surface area contributed by atoms with Gasteiger partial charge in [-0.3, -0.25) is 9.59 Å². The van der Waals surface area contributed by atoms with E-state index in [1.54, 1.807) is 41.0 Å². The first kappa shape index (κ1) is 20.7. The van der Waals surface area contributed by atoms with E-state index in [4.69, 9.17) is 9.47 Å². The van der Waals surface area contributed by atoms with Crippen molar-refractivity contribution < 1.29 is 39.5 Å². The molecule has 0 radical (unpaired) electrons. The molecular weight excluding hydrogens is 394 g/mol. The number of carbonyl (C=O) groups excluding carboxylic acids is 2. The van der Waals surface area contributed by atoms with Gasteiger partial charge >= 0.3 is 5.97 Å². The minimum absolute atomic E-state index is 0.129. The Kier molecular flexibility index (Phi) is 5.72. The van der Waals surface area contributed by atoms with Gasteiger partial charge in [0.1, 0.15) is 31.0 Å². The molecular formula is C21H23NO8. The number of aliphatic hydroxyl groups is 4. The predicted octanol–water partition coefficient (Wildman–Crippen LogP) is -0.451. The Morgan fingerprint density at radius 1 is 1.00 bits per heavy atom. The monoisotopic (exact) mass is 417 g/mol. The fraction of sp³-hybridized carbons (Fsp3) is 0.429. The molecule has 6 atom stereocenters. The lowest BCUT2D eigenvalue weighted by Gasteiger charge is -2.37. The van der Waals surface area contributed by atoms with Crippen molar-refractivity contribution in [3.05, 3.63) is 59.4 Å². The average Bonchev–Trinajstić information content (AvgIpc) is 3.36. The minimum atomic E-state index is -1.69. The second-order valence-corrected chi connectivity index (χ2v) is 7.50. The maximum atomic E-state index is 12.8. The number of rotatable bonds is 5. The van der Waals surface area contributed by atoms with Crippen molar-refractivity contribution >= 4 is 11.8 Å². The third-order valence-electron chi connectivity index (χ3n) is 5.64. The van der Waals surface area contributed by atoms with E-state index in [1.807, 2.05) is 6.07 Å². The van der Waals surface area contributed by atoms with E-state index in [-0.39, 0.29) is 5.78 Å². The van der Waals surface area contributed by atoms with Gasteiger partial charge in [-0.15, -0.1) is 0 Å². The number of esters is 1. The SMILES string of the molecule is O=C(c1ccccc1)c1ccc2n1CC[C@@H]2C(=O)OCC1O[C@H](O)C(O)[C@@H](O)[C@H]1O. The average molecular weight is 417 g/mol. The van der Waals surface area contributed by atoms with Gasteiger partial charge in [0.25, 0.3) is 0 Å². The number of ether oxygens (including phenoxy) is 2. The van der Waals surface area contributed by atoms with Gasteiger partial charge in [0.15, 0.2) is 6.29 Å². The summed E-state index contributed by atoms with van der Waals surface area (Å²) in [5, 5.41) is 38.8. The highest BCUT2D eigenvalue weighted by Gasteiger charge is 2.44. The van der Waals surface area contributed by atoms with E-state index in [2.05, 4.69) is 0 Å². The molecule has 1 aromatic carbocycles. The van der Waals surface area contributed by atoms with Gasteiger partial charge in [-0.25, -0.2) is 0 Å². The lowest BCUT2D eigenvalue weighted by Crippen LogP contribution is -2.58. The van der Waals surface area contributed by atoms with E-state index in [9.17, 15) is 30.0 Å². The molecule has 2 aromatic rings. The quantitative estimate of drug-likeness (QED) is 0.379. The normalized spacial score (nSPS) is 30.7. The molecule has 0 aliphatic carbocycles. The largest absolute Gasteiger partial charge is 0.462 e. The number of ketones is 1. The second-order valence-electron chi connectivity index (χ2n) is 7.50. The van der Waals surface area contributed by atoms with Crippen LogP contribution in [0, 0.1) is 0 Å². The molecule has 4 N–H and O–H groups in total. The number of aliphatic hydroxyl groups excluding tert-OH is 4. The highest BCUT2D eigenvalue weighted by Crippen LogP contribution is 2.32. The Labute approximate surface area is 172 Å². The number of hydrogen-bond acceptors (Lipinski definition) is 8. The lowest BCUT2D eigenvalue weighted by atomic mass is 9.99. The van der Waals surface area contributed by atoms with Gasteiger partial charge in [-0.2, -0.15) is 0 Å². The van der Waals surface area contributed by atoms with Crippen LogP contribution in [0.15, 0.2) is 42.5 Å². The van der Waals surface area contributed by atoms with Gasteiger partial charge < -0.3 is 34.5 Å². The zero-order valence-electron chi connectivity index (χ0n) is 16.0. The fourth-order valence-corrected chi connectivity index (χ4v) is 3.95. The van der Waals surface area contributed by atoms with Crippen LogP contribution in [0.4, 0.5) is 0 Å². The smallest absolute Gasteiger partial charge is 0.315 e. The maximum Gasteiger partial charge on any atom is 0.315 e. The van der Waals surface area contributed by atoms with Gasteiger partial charge in [0.05, 0.1) is 11.6 Å². The Hall–Kier alpha value is -2.56. The summed E-state index contributed by atoms with van der Waals surface area (Å²) in [6, 6.07) is 12.3. The molecule has 2 aliphatic heterocycles. The zero-order chi connectivity index (χ0) is 21.4. The molecule has 0 amide bonds. The lowest BCUT2D eigenvalue weighted by molar-refractivity contribution is -0.287. The molecule has 1 fully saturated rings. The molecule has 0 spiro atoms. The first-order valence-electron chi connectivity index (χ1n) is 9.72. The Morgan fingerprint density at radius 2 is 1.73 bits per heavy atom. The van der Waals surface area contributed by atoms with E-state index < -0.39 is 49.2 Å². The highest BCUT2D eigenvalue weighted by molar-refractivity contribution is 6.08. The number of carbonyl (C=O) groups is 2. The summed E-state index contributed by atoms with van der Waals surface area (Å²) in [5.41, 5.74) is 1.73. The first-order valence-corrected chi connectivity index (χ1v) is 9.72. The summed E-state index contributed by atoms with van der Waals surface area (Å²) in [5.74, 6) is -1.27. The summed E-state index contributed by atoms with van der Waals surface area (Å²) in [4.78, 5) is 25.4. The first-order chi connectivity index (χ1) is 14.4. The number of benzene rings is 1. The van der Waals surface area contributed by atoms with Gasteiger partial charge in [-0.05, 0) is 18.6 Å². The molecule has 1 aromatic heterocycles. The molecule has 2 unspecified atom stereocenters.